The van der Waals surface area contributed by atoms with Crippen LogP contribution in [0.3, 0.4) is 0 Å². The number of carbonyl (C=O) groups is 1. The third-order valence-corrected chi connectivity index (χ3v) is 6.30. The van der Waals surface area contributed by atoms with Crippen molar-refractivity contribution in [2.75, 3.05) is 17.6 Å². The molecule has 27 heavy (non-hydrogen) atoms. The first kappa shape index (κ1) is 19.8. The van der Waals surface area contributed by atoms with E-state index in [2.05, 4.69) is 76.3 Å². The second-order valence-electron chi connectivity index (χ2n) is 8.50. The lowest BCUT2D eigenvalue weighted by Crippen LogP contribution is -2.34. The Labute approximate surface area is 167 Å². The van der Waals surface area contributed by atoms with Gasteiger partial charge in [0.2, 0.25) is 0 Å². The largest absolute Gasteiger partial charge is 0.323 e. The van der Waals surface area contributed by atoms with E-state index >= 15 is 0 Å². The van der Waals surface area contributed by atoms with Gasteiger partial charge in [-0.1, -0.05) is 71.0 Å². The molecule has 1 heterocycles. The summed E-state index contributed by atoms with van der Waals surface area (Å²) < 4.78 is 0. The number of anilines is 1. The van der Waals surface area contributed by atoms with E-state index in [1.807, 2.05) is 28.8 Å². The van der Waals surface area contributed by atoms with E-state index in [1.165, 1.54) is 16.7 Å². The van der Waals surface area contributed by atoms with Gasteiger partial charge in [-0.3, -0.25) is 0 Å². The molecular weight excluding hydrogens is 352 g/mol. The summed E-state index contributed by atoms with van der Waals surface area (Å²) in [5.41, 5.74) is 4.77. The Balaban J connectivity index is 1.71. The normalized spacial score (nSPS) is 17.4. The second kappa shape index (κ2) is 7.97. The zero-order chi connectivity index (χ0) is 19.6. The lowest BCUT2D eigenvalue weighted by molar-refractivity contribution is 0.214. The molecule has 1 atom stereocenters. The van der Waals surface area contributed by atoms with Crippen LogP contribution in [0.2, 0.25) is 0 Å². The van der Waals surface area contributed by atoms with Crippen LogP contribution >= 0.6 is 11.8 Å². The van der Waals surface area contributed by atoms with Gasteiger partial charge in [-0.25, -0.2) is 4.79 Å². The highest BCUT2D eigenvalue weighted by Crippen LogP contribution is 2.39. The van der Waals surface area contributed by atoms with Crippen molar-refractivity contribution in [3.05, 3.63) is 65.2 Å². The van der Waals surface area contributed by atoms with Gasteiger partial charge in [0.15, 0.2) is 0 Å². The van der Waals surface area contributed by atoms with Crippen molar-refractivity contribution in [1.82, 2.24) is 4.90 Å². The predicted molar refractivity (Wildman–Crippen MR) is 117 cm³/mol. The summed E-state index contributed by atoms with van der Waals surface area (Å²) in [5, 5.41) is 3.14. The van der Waals surface area contributed by atoms with Gasteiger partial charge in [-0.05, 0) is 40.2 Å². The number of carbonyl (C=O) groups excluding carboxylic acids is 1. The highest BCUT2D eigenvalue weighted by atomic mass is 32.2. The Morgan fingerprint density at radius 2 is 1.70 bits per heavy atom. The highest BCUT2D eigenvalue weighted by molar-refractivity contribution is 7.99. The Bertz CT molecular complexity index is 776. The highest BCUT2D eigenvalue weighted by Gasteiger charge is 2.31. The number of urea groups is 1. The van der Waals surface area contributed by atoms with Crippen LogP contribution in [0.15, 0.2) is 48.5 Å². The van der Waals surface area contributed by atoms with E-state index in [-0.39, 0.29) is 16.8 Å². The molecule has 0 unspecified atom stereocenters. The van der Waals surface area contributed by atoms with Crippen LogP contribution in [0.4, 0.5) is 10.5 Å². The van der Waals surface area contributed by atoms with Crippen molar-refractivity contribution in [1.29, 1.82) is 0 Å². The summed E-state index contributed by atoms with van der Waals surface area (Å²) in [6.07, 6.45) is 0. The molecule has 0 bridgehead atoms. The smallest absolute Gasteiger partial charge is 0.308 e. The average molecular weight is 383 g/mol. The van der Waals surface area contributed by atoms with E-state index in [0.29, 0.717) is 5.92 Å². The van der Waals surface area contributed by atoms with Gasteiger partial charge in [-0.2, -0.15) is 0 Å². The van der Waals surface area contributed by atoms with Crippen molar-refractivity contribution < 1.29 is 4.79 Å². The minimum atomic E-state index is -0.0257. The molecule has 0 saturated carbocycles. The minimum Gasteiger partial charge on any atom is -0.308 e. The summed E-state index contributed by atoms with van der Waals surface area (Å²) in [6, 6.07) is 16.8. The Morgan fingerprint density at radius 3 is 2.26 bits per heavy atom. The fourth-order valence-corrected chi connectivity index (χ4v) is 4.50. The molecule has 2 amide bonds. The van der Waals surface area contributed by atoms with Gasteiger partial charge in [0, 0.05) is 18.0 Å². The molecule has 1 saturated heterocycles. The molecule has 4 heteroatoms. The van der Waals surface area contributed by atoms with Gasteiger partial charge >= 0.3 is 6.03 Å². The minimum absolute atomic E-state index is 0.0257. The van der Waals surface area contributed by atoms with Crippen molar-refractivity contribution in [2.24, 2.45) is 0 Å². The number of hydrogen-bond donors (Lipinski definition) is 1. The molecule has 1 aliphatic rings. The van der Waals surface area contributed by atoms with E-state index in [0.717, 1.165) is 18.0 Å². The maximum Gasteiger partial charge on any atom is 0.323 e. The van der Waals surface area contributed by atoms with Crippen molar-refractivity contribution in [3.8, 4) is 0 Å². The standard InChI is InChI=1S/C23H30N2OS/c1-16(2)17-8-12-20(13-9-17)24-22(26)25-14-15-27-21(25)18-6-10-19(11-7-18)23(3,4)5/h6-13,16,21H,14-15H2,1-5H3,(H,24,26)/t21-/m1/s1. The average Bonchev–Trinajstić information content (AvgIpc) is 3.11. The van der Waals surface area contributed by atoms with Crippen LogP contribution in [-0.2, 0) is 5.41 Å². The summed E-state index contributed by atoms with van der Waals surface area (Å²) in [4.78, 5) is 14.8. The number of rotatable bonds is 3. The lowest BCUT2D eigenvalue weighted by Gasteiger charge is -2.25. The molecule has 0 radical (unpaired) electrons. The molecule has 0 spiro atoms. The second-order valence-corrected chi connectivity index (χ2v) is 9.68. The number of amides is 2. The summed E-state index contributed by atoms with van der Waals surface area (Å²) >= 11 is 1.83. The molecule has 1 fully saturated rings. The van der Waals surface area contributed by atoms with Gasteiger partial charge in [0.1, 0.15) is 5.37 Å². The third kappa shape index (κ3) is 4.67. The molecule has 2 aromatic carbocycles. The van der Waals surface area contributed by atoms with Crippen molar-refractivity contribution in [3.63, 3.8) is 0 Å². The van der Waals surface area contributed by atoms with Crippen molar-refractivity contribution in [2.45, 2.75) is 51.3 Å². The Morgan fingerprint density at radius 1 is 1.07 bits per heavy atom. The lowest BCUT2D eigenvalue weighted by atomic mass is 9.87. The summed E-state index contributed by atoms with van der Waals surface area (Å²) in [5.74, 6) is 1.45. The first-order chi connectivity index (χ1) is 12.8. The van der Waals surface area contributed by atoms with Crippen LogP contribution in [-0.4, -0.2) is 23.2 Å². The number of hydrogen-bond acceptors (Lipinski definition) is 2. The van der Waals surface area contributed by atoms with E-state index in [9.17, 15) is 4.79 Å². The number of nitrogens with one attached hydrogen (secondary N) is 1. The van der Waals surface area contributed by atoms with Crippen LogP contribution in [0, 0.1) is 0 Å². The summed E-state index contributed by atoms with van der Waals surface area (Å²) in [6.45, 7) is 11.8. The van der Waals surface area contributed by atoms with E-state index < -0.39 is 0 Å². The first-order valence-electron chi connectivity index (χ1n) is 9.65. The molecule has 2 aromatic rings. The molecule has 3 rings (SSSR count). The Hall–Kier alpha value is -1.94. The zero-order valence-electron chi connectivity index (χ0n) is 17.0. The third-order valence-electron chi connectivity index (χ3n) is 5.04. The van der Waals surface area contributed by atoms with Gasteiger partial charge < -0.3 is 10.2 Å². The molecular formula is C23H30N2OS. The molecule has 3 nitrogen and oxygen atoms in total. The maximum atomic E-state index is 12.8. The summed E-state index contributed by atoms with van der Waals surface area (Å²) in [7, 11) is 0. The molecule has 0 aromatic heterocycles. The van der Waals surface area contributed by atoms with Gasteiger partial charge in [0.25, 0.3) is 0 Å². The van der Waals surface area contributed by atoms with E-state index in [4.69, 9.17) is 0 Å². The number of nitrogens with zero attached hydrogens (tertiary/aromatic N) is 1. The number of benzene rings is 2. The Kier molecular flexibility index (Phi) is 5.85. The number of thioether (sulfide) groups is 1. The SMILES string of the molecule is CC(C)c1ccc(NC(=O)N2CCS[C@@H]2c2ccc(C(C)(C)C)cc2)cc1. The van der Waals surface area contributed by atoms with Gasteiger partial charge in [0.05, 0.1) is 0 Å². The fourth-order valence-electron chi connectivity index (χ4n) is 3.25. The van der Waals surface area contributed by atoms with Crippen LogP contribution < -0.4 is 5.32 Å². The first-order valence-corrected chi connectivity index (χ1v) is 10.7. The topological polar surface area (TPSA) is 32.3 Å². The molecule has 0 aliphatic carbocycles. The van der Waals surface area contributed by atoms with E-state index in [1.54, 1.807) is 0 Å². The fraction of sp³-hybridized carbons (Fsp3) is 0.435. The maximum absolute atomic E-state index is 12.8. The van der Waals surface area contributed by atoms with Crippen LogP contribution in [0.5, 0.6) is 0 Å². The molecule has 1 N–H and O–H groups in total. The molecule has 1 aliphatic heterocycles. The van der Waals surface area contributed by atoms with Crippen LogP contribution in [0.25, 0.3) is 0 Å². The predicted octanol–water partition coefficient (Wildman–Crippen LogP) is 6.39. The van der Waals surface area contributed by atoms with Crippen molar-refractivity contribution >= 4 is 23.5 Å². The van der Waals surface area contributed by atoms with Gasteiger partial charge in [-0.15, -0.1) is 11.8 Å². The monoisotopic (exact) mass is 382 g/mol. The van der Waals surface area contributed by atoms with Crippen LogP contribution in [0.1, 0.15) is 62.6 Å². The quantitative estimate of drug-likeness (QED) is 0.667. The zero-order valence-corrected chi connectivity index (χ0v) is 17.8. The molecule has 144 valence electrons.